The van der Waals surface area contributed by atoms with Crippen LogP contribution < -0.4 is 10.6 Å². The van der Waals surface area contributed by atoms with Crippen LogP contribution in [-0.4, -0.2) is 34.3 Å². The quantitative estimate of drug-likeness (QED) is 0.511. The number of rotatable bonds is 6. The van der Waals surface area contributed by atoms with Crippen molar-refractivity contribution in [2.45, 2.75) is 33.2 Å². The molecule has 1 atom stereocenters. The van der Waals surface area contributed by atoms with Gasteiger partial charge in [0.1, 0.15) is 0 Å². The minimum Gasteiger partial charge on any atom is -0.356 e. The number of hydrogen-bond donors (Lipinski definition) is 2. The third-order valence-corrected chi connectivity index (χ3v) is 4.66. The third kappa shape index (κ3) is 4.97. The zero-order valence-electron chi connectivity index (χ0n) is 17.0. The largest absolute Gasteiger partial charge is 0.356 e. The van der Waals surface area contributed by atoms with E-state index < -0.39 is 0 Å². The monoisotopic (exact) mass is 376 g/mol. The van der Waals surface area contributed by atoms with E-state index in [2.05, 4.69) is 63.0 Å². The van der Waals surface area contributed by atoms with Crippen molar-refractivity contribution >= 4 is 5.96 Å². The van der Waals surface area contributed by atoms with Crippen molar-refractivity contribution < 1.29 is 0 Å². The lowest BCUT2D eigenvalue weighted by Gasteiger charge is -2.16. The number of nitrogens with zero attached hydrogens (tertiary/aromatic N) is 4. The molecule has 0 bridgehead atoms. The van der Waals surface area contributed by atoms with Crippen molar-refractivity contribution in [3.63, 3.8) is 0 Å². The number of pyridine rings is 1. The van der Waals surface area contributed by atoms with E-state index in [4.69, 9.17) is 0 Å². The first-order valence-corrected chi connectivity index (χ1v) is 9.55. The van der Waals surface area contributed by atoms with Crippen molar-refractivity contribution in [1.29, 1.82) is 0 Å². The molecule has 1 aromatic carbocycles. The number of guanidine groups is 1. The molecule has 0 spiro atoms. The highest BCUT2D eigenvalue weighted by Crippen LogP contribution is 2.13. The van der Waals surface area contributed by atoms with Gasteiger partial charge in [0.2, 0.25) is 0 Å². The number of aliphatic imine (C=N–C) groups is 1. The van der Waals surface area contributed by atoms with Crippen LogP contribution in [0.1, 0.15) is 35.4 Å². The van der Waals surface area contributed by atoms with Gasteiger partial charge >= 0.3 is 0 Å². The van der Waals surface area contributed by atoms with Crippen LogP contribution in [0.15, 0.2) is 59.7 Å². The van der Waals surface area contributed by atoms with E-state index in [1.807, 2.05) is 42.9 Å². The van der Waals surface area contributed by atoms with Gasteiger partial charge in [-0.1, -0.05) is 43.3 Å². The highest BCUT2D eigenvalue weighted by Gasteiger charge is 2.07. The second-order valence-electron chi connectivity index (χ2n) is 6.98. The Balaban J connectivity index is 1.53. The maximum atomic E-state index is 4.54. The van der Waals surface area contributed by atoms with Gasteiger partial charge in [-0.2, -0.15) is 5.10 Å². The zero-order valence-corrected chi connectivity index (χ0v) is 17.0. The molecule has 0 aliphatic rings. The summed E-state index contributed by atoms with van der Waals surface area (Å²) in [5, 5.41) is 11.2. The molecule has 2 heterocycles. The first-order chi connectivity index (χ1) is 13.6. The standard InChI is InChI=1S/C22H28N6/c1-16(20-8-6-5-7-9-20)13-25-22(23-4)26-15-19-10-11-21(24-14-19)28-18(3)12-17(2)27-28/h5-12,14,16H,13,15H2,1-4H3,(H2,23,25,26). The topological polar surface area (TPSA) is 67.1 Å². The molecular formula is C22H28N6. The second-order valence-corrected chi connectivity index (χ2v) is 6.98. The highest BCUT2D eigenvalue weighted by molar-refractivity contribution is 5.79. The van der Waals surface area contributed by atoms with Crippen LogP contribution in [0.2, 0.25) is 0 Å². The van der Waals surface area contributed by atoms with E-state index in [1.54, 1.807) is 7.05 Å². The zero-order chi connectivity index (χ0) is 19.9. The lowest BCUT2D eigenvalue weighted by Crippen LogP contribution is -2.38. The first kappa shape index (κ1) is 19.6. The summed E-state index contributed by atoms with van der Waals surface area (Å²) in [4.78, 5) is 8.85. The van der Waals surface area contributed by atoms with E-state index in [1.165, 1.54) is 5.56 Å². The fourth-order valence-corrected chi connectivity index (χ4v) is 3.06. The molecule has 0 saturated heterocycles. The van der Waals surface area contributed by atoms with Crippen molar-refractivity contribution in [2.75, 3.05) is 13.6 Å². The Morgan fingerprint density at radius 3 is 2.50 bits per heavy atom. The van der Waals surface area contributed by atoms with Crippen molar-refractivity contribution in [1.82, 2.24) is 25.4 Å². The van der Waals surface area contributed by atoms with Gasteiger partial charge in [0.25, 0.3) is 0 Å². The first-order valence-electron chi connectivity index (χ1n) is 9.55. The molecule has 0 radical (unpaired) electrons. The lowest BCUT2D eigenvalue weighted by molar-refractivity contribution is 0.698. The summed E-state index contributed by atoms with van der Waals surface area (Å²) < 4.78 is 1.86. The summed E-state index contributed by atoms with van der Waals surface area (Å²) in [6.45, 7) is 7.70. The fraction of sp³-hybridized carbons (Fsp3) is 0.318. The molecule has 146 valence electrons. The molecule has 0 aliphatic carbocycles. The molecule has 3 aromatic rings. The van der Waals surface area contributed by atoms with Gasteiger partial charge in [0, 0.05) is 32.0 Å². The van der Waals surface area contributed by atoms with E-state index in [0.29, 0.717) is 12.5 Å². The van der Waals surface area contributed by atoms with E-state index in [-0.39, 0.29) is 0 Å². The van der Waals surface area contributed by atoms with E-state index >= 15 is 0 Å². The van der Waals surface area contributed by atoms with Crippen LogP contribution in [0.4, 0.5) is 0 Å². The average molecular weight is 377 g/mol. The lowest BCUT2D eigenvalue weighted by atomic mass is 10.0. The Hall–Kier alpha value is -3.15. The van der Waals surface area contributed by atoms with Crippen molar-refractivity contribution in [2.24, 2.45) is 4.99 Å². The Bertz CT molecular complexity index is 912. The van der Waals surface area contributed by atoms with Gasteiger partial charge in [-0.3, -0.25) is 4.99 Å². The van der Waals surface area contributed by atoms with Crippen molar-refractivity contribution in [3.8, 4) is 5.82 Å². The summed E-state index contributed by atoms with van der Waals surface area (Å²) in [6, 6.07) is 16.6. The summed E-state index contributed by atoms with van der Waals surface area (Å²) in [5.74, 6) is 2.01. The van der Waals surface area contributed by atoms with Gasteiger partial charge in [0.05, 0.1) is 5.69 Å². The van der Waals surface area contributed by atoms with E-state index in [9.17, 15) is 0 Å². The van der Waals surface area contributed by atoms with E-state index in [0.717, 1.165) is 35.3 Å². The SMILES string of the molecule is CN=C(NCc1ccc(-n2nc(C)cc2C)nc1)NCC(C)c1ccccc1. The number of hydrogen-bond acceptors (Lipinski definition) is 3. The van der Waals surface area contributed by atoms with Crippen LogP contribution in [0, 0.1) is 13.8 Å². The molecular weight excluding hydrogens is 348 g/mol. The van der Waals surface area contributed by atoms with Gasteiger partial charge < -0.3 is 10.6 Å². The average Bonchev–Trinajstić information content (AvgIpc) is 3.07. The van der Waals surface area contributed by atoms with Crippen LogP contribution in [0.3, 0.4) is 0 Å². The van der Waals surface area contributed by atoms with Crippen molar-refractivity contribution in [3.05, 3.63) is 77.2 Å². The molecule has 0 amide bonds. The van der Waals surface area contributed by atoms with Gasteiger partial charge in [-0.15, -0.1) is 0 Å². The smallest absolute Gasteiger partial charge is 0.191 e. The predicted octanol–water partition coefficient (Wildman–Crippen LogP) is 3.35. The third-order valence-electron chi connectivity index (χ3n) is 4.66. The predicted molar refractivity (Wildman–Crippen MR) is 114 cm³/mol. The van der Waals surface area contributed by atoms with Gasteiger partial charge in [0.15, 0.2) is 11.8 Å². The summed E-state index contributed by atoms with van der Waals surface area (Å²) in [6.07, 6.45) is 1.87. The highest BCUT2D eigenvalue weighted by atomic mass is 15.3. The van der Waals surface area contributed by atoms with Crippen LogP contribution >= 0.6 is 0 Å². The fourth-order valence-electron chi connectivity index (χ4n) is 3.06. The molecule has 0 saturated carbocycles. The molecule has 2 aromatic heterocycles. The Morgan fingerprint density at radius 2 is 1.89 bits per heavy atom. The molecule has 3 rings (SSSR count). The van der Waals surface area contributed by atoms with Crippen LogP contribution in [-0.2, 0) is 6.54 Å². The minimum atomic E-state index is 0.404. The number of aromatic nitrogens is 3. The Morgan fingerprint density at radius 1 is 1.11 bits per heavy atom. The molecule has 0 aliphatic heterocycles. The maximum absolute atomic E-state index is 4.54. The molecule has 0 fully saturated rings. The van der Waals surface area contributed by atoms with Crippen LogP contribution in [0.25, 0.3) is 5.82 Å². The minimum absolute atomic E-state index is 0.404. The summed E-state index contributed by atoms with van der Waals surface area (Å²) in [7, 11) is 1.78. The Labute approximate surface area is 166 Å². The second kappa shape index (κ2) is 9.17. The molecule has 6 nitrogen and oxygen atoms in total. The molecule has 2 N–H and O–H groups in total. The molecule has 1 unspecified atom stereocenters. The number of nitrogens with one attached hydrogen (secondary N) is 2. The molecule has 28 heavy (non-hydrogen) atoms. The van der Waals surface area contributed by atoms with Gasteiger partial charge in [-0.25, -0.2) is 9.67 Å². The summed E-state index contributed by atoms with van der Waals surface area (Å²) >= 11 is 0. The molecule has 6 heteroatoms. The normalized spacial score (nSPS) is 12.6. The number of aryl methyl sites for hydroxylation is 2. The maximum Gasteiger partial charge on any atom is 0.191 e. The summed E-state index contributed by atoms with van der Waals surface area (Å²) in [5.41, 5.74) is 4.47. The van der Waals surface area contributed by atoms with Gasteiger partial charge in [-0.05, 0) is 43.0 Å². The van der Waals surface area contributed by atoms with Crippen LogP contribution in [0.5, 0.6) is 0 Å². The Kier molecular flexibility index (Phi) is 6.42. The number of benzene rings is 1.